The van der Waals surface area contributed by atoms with E-state index in [0.717, 1.165) is 3.57 Å². The number of nitrogens with two attached hydrogens (primary N) is 1. The number of nitrogens with one attached hydrogen (secondary N) is 2. The summed E-state index contributed by atoms with van der Waals surface area (Å²) in [5.41, 5.74) is 0.523. The summed E-state index contributed by atoms with van der Waals surface area (Å²) in [5.74, 6) is -0.397. The second kappa shape index (κ2) is 10.4. The smallest absolute Gasteiger partial charge is 0.299 e. The third kappa shape index (κ3) is 6.90. The van der Waals surface area contributed by atoms with E-state index in [2.05, 4.69) is 27.9 Å². The first kappa shape index (κ1) is 23.4. The fourth-order valence-corrected chi connectivity index (χ4v) is 3.45. The van der Waals surface area contributed by atoms with Crippen LogP contribution in [-0.2, 0) is 15.0 Å². The van der Waals surface area contributed by atoms with Crippen LogP contribution in [0.5, 0.6) is 11.5 Å². The zero-order chi connectivity index (χ0) is 23.1. The molecule has 0 radical (unpaired) electrons. The van der Waals surface area contributed by atoms with Crippen molar-refractivity contribution >= 4 is 50.7 Å². The van der Waals surface area contributed by atoms with E-state index in [1.165, 1.54) is 6.08 Å². The Labute approximate surface area is 198 Å². The molecule has 0 aliphatic carbocycles. The zero-order valence-electron chi connectivity index (χ0n) is 16.5. The molecular formula is C22H18IN3O5S. The number of halogens is 1. The van der Waals surface area contributed by atoms with Gasteiger partial charge in [0, 0.05) is 5.56 Å². The van der Waals surface area contributed by atoms with Crippen molar-refractivity contribution in [2.24, 2.45) is 5.14 Å². The van der Waals surface area contributed by atoms with E-state index in [9.17, 15) is 18.0 Å². The van der Waals surface area contributed by atoms with Gasteiger partial charge in [-0.2, -0.15) is 8.42 Å². The monoisotopic (exact) mass is 563 g/mol. The van der Waals surface area contributed by atoms with Crippen LogP contribution in [0.1, 0.15) is 15.9 Å². The molecule has 0 saturated heterocycles. The second-order valence-electron chi connectivity index (χ2n) is 6.46. The van der Waals surface area contributed by atoms with Gasteiger partial charge >= 0.3 is 0 Å². The summed E-state index contributed by atoms with van der Waals surface area (Å²) < 4.78 is 31.0. The van der Waals surface area contributed by atoms with Crippen LogP contribution in [0.2, 0.25) is 0 Å². The fourth-order valence-electron chi connectivity index (χ4n) is 2.58. The van der Waals surface area contributed by atoms with E-state index >= 15 is 0 Å². The van der Waals surface area contributed by atoms with Crippen LogP contribution in [0.3, 0.4) is 0 Å². The minimum absolute atomic E-state index is 0.292. The van der Waals surface area contributed by atoms with Gasteiger partial charge in [0.2, 0.25) is 0 Å². The van der Waals surface area contributed by atoms with Crippen molar-refractivity contribution in [3.8, 4) is 11.5 Å². The summed E-state index contributed by atoms with van der Waals surface area (Å²) in [5, 5.41) is 7.32. The molecule has 10 heteroatoms. The quantitative estimate of drug-likeness (QED) is 0.301. The van der Waals surface area contributed by atoms with Crippen molar-refractivity contribution < 1.29 is 22.7 Å². The van der Waals surface area contributed by atoms with Crippen LogP contribution >= 0.6 is 22.6 Å². The Morgan fingerprint density at radius 2 is 1.53 bits per heavy atom. The fraction of sp³-hybridized carbons (Fsp3) is 0. The molecule has 0 saturated carbocycles. The molecule has 164 valence electrons. The molecule has 0 spiro atoms. The number of amides is 2. The maximum atomic E-state index is 12.5. The molecule has 0 bridgehead atoms. The molecule has 4 N–H and O–H groups in total. The first-order chi connectivity index (χ1) is 15.2. The van der Waals surface area contributed by atoms with Crippen LogP contribution < -0.4 is 19.9 Å². The van der Waals surface area contributed by atoms with E-state index in [-0.39, 0.29) is 5.70 Å². The van der Waals surface area contributed by atoms with Crippen LogP contribution in [0.4, 0.5) is 0 Å². The van der Waals surface area contributed by atoms with Crippen molar-refractivity contribution in [3.05, 3.63) is 99.3 Å². The van der Waals surface area contributed by atoms with E-state index in [4.69, 9.17) is 9.88 Å². The number of carbonyl (C=O) groups excluding carboxylic acids is 2. The number of rotatable bonds is 7. The van der Waals surface area contributed by atoms with E-state index in [1.807, 2.05) is 24.3 Å². The van der Waals surface area contributed by atoms with Gasteiger partial charge in [-0.25, -0.2) is 9.86 Å². The molecule has 0 aliphatic rings. The van der Waals surface area contributed by atoms with Crippen LogP contribution in [0, 0.1) is 3.57 Å². The highest BCUT2D eigenvalue weighted by atomic mass is 127. The Kier molecular flexibility index (Phi) is 7.62. The average Bonchev–Trinajstić information content (AvgIpc) is 2.75. The average molecular weight is 563 g/mol. The minimum atomic E-state index is -4.32. The summed E-state index contributed by atoms with van der Waals surface area (Å²) in [6.45, 7) is 0. The molecule has 0 heterocycles. The van der Waals surface area contributed by atoms with Crippen LogP contribution in [0.15, 0.2) is 84.6 Å². The lowest BCUT2D eigenvalue weighted by Gasteiger charge is -2.11. The molecule has 3 aromatic rings. The molecular weight excluding hydrogens is 545 g/mol. The third-order valence-electron chi connectivity index (χ3n) is 4.02. The SMILES string of the molecule is NS(=O)(=O)NC(=O)/C(=C/c1ccc(Oc2ccccc2I)cc1)NC(=O)c1ccccc1. The Morgan fingerprint density at radius 3 is 2.16 bits per heavy atom. The second-order valence-corrected chi connectivity index (χ2v) is 8.91. The predicted molar refractivity (Wildman–Crippen MR) is 129 cm³/mol. The summed E-state index contributed by atoms with van der Waals surface area (Å²) >= 11 is 2.16. The first-order valence-corrected chi connectivity index (χ1v) is 11.8. The molecule has 3 aromatic carbocycles. The van der Waals surface area contributed by atoms with Crippen molar-refractivity contribution in [1.82, 2.24) is 10.0 Å². The van der Waals surface area contributed by atoms with Gasteiger partial charge in [0.1, 0.15) is 17.2 Å². The maximum Gasteiger partial charge on any atom is 0.299 e. The molecule has 0 aliphatic heterocycles. The van der Waals surface area contributed by atoms with Gasteiger partial charge in [0.25, 0.3) is 22.0 Å². The topological polar surface area (TPSA) is 128 Å². The Hall–Kier alpha value is -3.22. The summed E-state index contributed by atoms with van der Waals surface area (Å²) in [6.07, 6.45) is 1.33. The number of para-hydroxylation sites is 1. The lowest BCUT2D eigenvalue weighted by atomic mass is 10.1. The molecule has 0 fully saturated rings. The third-order valence-corrected chi connectivity index (χ3v) is 5.38. The molecule has 8 nitrogen and oxygen atoms in total. The molecule has 0 unspecified atom stereocenters. The molecule has 3 rings (SSSR count). The van der Waals surface area contributed by atoms with Crippen molar-refractivity contribution in [2.75, 3.05) is 0 Å². The van der Waals surface area contributed by atoms with Crippen LogP contribution in [0.25, 0.3) is 6.08 Å². The lowest BCUT2D eigenvalue weighted by Crippen LogP contribution is -2.41. The maximum absolute atomic E-state index is 12.5. The largest absolute Gasteiger partial charge is 0.456 e. The van der Waals surface area contributed by atoms with Crippen molar-refractivity contribution in [3.63, 3.8) is 0 Å². The summed E-state index contributed by atoms with van der Waals surface area (Å²) in [4.78, 5) is 24.9. The van der Waals surface area contributed by atoms with Gasteiger partial charge in [-0.05, 0) is 70.6 Å². The highest BCUT2D eigenvalue weighted by molar-refractivity contribution is 14.1. The number of hydrogen-bond donors (Lipinski definition) is 3. The molecule has 0 atom stereocenters. The highest BCUT2D eigenvalue weighted by Crippen LogP contribution is 2.26. The van der Waals surface area contributed by atoms with Crippen molar-refractivity contribution in [1.29, 1.82) is 0 Å². The van der Waals surface area contributed by atoms with E-state index < -0.39 is 22.0 Å². The number of ether oxygens (including phenoxy) is 1. The molecule has 2 amide bonds. The number of benzene rings is 3. The standard InChI is InChI=1S/C22H18IN3O5S/c23-18-8-4-5-9-20(18)31-17-12-10-15(11-13-17)14-19(22(28)26-32(24,29)30)25-21(27)16-6-2-1-3-7-16/h1-14H,(H,25,27)(H,26,28)(H2,24,29,30)/b19-14-. The van der Waals surface area contributed by atoms with Gasteiger partial charge in [-0.15, -0.1) is 0 Å². The van der Waals surface area contributed by atoms with Gasteiger partial charge < -0.3 is 10.1 Å². The minimum Gasteiger partial charge on any atom is -0.456 e. The van der Waals surface area contributed by atoms with Crippen LogP contribution in [-0.4, -0.2) is 20.2 Å². The Balaban J connectivity index is 1.84. The van der Waals surface area contributed by atoms with E-state index in [0.29, 0.717) is 22.6 Å². The van der Waals surface area contributed by atoms with Gasteiger partial charge in [-0.1, -0.05) is 42.5 Å². The van der Waals surface area contributed by atoms with Gasteiger partial charge in [-0.3, -0.25) is 9.59 Å². The van der Waals surface area contributed by atoms with E-state index in [1.54, 1.807) is 59.3 Å². The molecule has 0 aromatic heterocycles. The van der Waals surface area contributed by atoms with Crippen molar-refractivity contribution in [2.45, 2.75) is 0 Å². The first-order valence-electron chi connectivity index (χ1n) is 9.17. The number of hydrogen-bond acceptors (Lipinski definition) is 5. The lowest BCUT2D eigenvalue weighted by molar-refractivity contribution is -0.116. The number of carbonyl (C=O) groups is 2. The summed E-state index contributed by atoms with van der Waals surface area (Å²) in [6, 6.07) is 22.4. The molecule has 32 heavy (non-hydrogen) atoms. The predicted octanol–water partition coefficient (Wildman–Crippen LogP) is 3.17. The Morgan fingerprint density at radius 1 is 0.906 bits per heavy atom. The highest BCUT2D eigenvalue weighted by Gasteiger charge is 2.18. The Bertz CT molecular complexity index is 1260. The zero-order valence-corrected chi connectivity index (χ0v) is 19.5. The normalized spacial score (nSPS) is 11.5. The summed E-state index contributed by atoms with van der Waals surface area (Å²) in [7, 11) is -4.32. The van der Waals surface area contributed by atoms with Gasteiger partial charge in [0.05, 0.1) is 3.57 Å². The van der Waals surface area contributed by atoms with Gasteiger partial charge in [0.15, 0.2) is 0 Å².